The van der Waals surface area contributed by atoms with Gasteiger partial charge in [0.25, 0.3) is 0 Å². The van der Waals surface area contributed by atoms with Gasteiger partial charge in [-0.2, -0.15) is 0 Å². The van der Waals surface area contributed by atoms with E-state index in [4.69, 9.17) is 4.74 Å². The van der Waals surface area contributed by atoms with Gasteiger partial charge in [-0.1, -0.05) is 0 Å². The second-order valence-electron chi connectivity index (χ2n) is 7.89. The van der Waals surface area contributed by atoms with Crippen LogP contribution in [-0.2, 0) is 14.3 Å². The summed E-state index contributed by atoms with van der Waals surface area (Å²) in [5.41, 5.74) is -0.237. The number of rotatable bonds is 5. The van der Waals surface area contributed by atoms with Crippen LogP contribution in [0.2, 0.25) is 0 Å². The molecule has 0 aromatic heterocycles. The largest absolute Gasteiger partial charge is 0.368 e. The van der Waals surface area contributed by atoms with Gasteiger partial charge < -0.3 is 15.0 Å². The van der Waals surface area contributed by atoms with Crippen molar-refractivity contribution in [1.82, 2.24) is 15.1 Å². The summed E-state index contributed by atoms with van der Waals surface area (Å²) in [6, 6.07) is -0.178. The number of nitrogens with one attached hydrogen (secondary N) is 1. The maximum Gasteiger partial charge on any atom is 0.239 e. The van der Waals surface area contributed by atoms with Crippen LogP contribution < -0.4 is 5.32 Å². The molecule has 128 valence electrons. The first-order valence-electron chi connectivity index (χ1n) is 8.96. The lowest BCUT2D eigenvalue weighted by Crippen LogP contribution is -2.73. The van der Waals surface area contributed by atoms with Crippen molar-refractivity contribution in [2.75, 3.05) is 39.8 Å². The van der Waals surface area contributed by atoms with Crippen LogP contribution >= 0.6 is 0 Å². The van der Waals surface area contributed by atoms with E-state index in [9.17, 15) is 9.59 Å². The monoisotopic (exact) mass is 321 g/mol. The summed E-state index contributed by atoms with van der Waals surface area (Å²) in [5, 5.41) is 2.75. The minimum absolute atomic E-state index is 0.0430. The van der Waals surface area contributed by atoms with Gasteiger partial charge in [0.15, 0.2) is 0 Å². The van der Waals surface area contributed by atoms with Crippen molar-refractivity contribution in [2.24, 2.45) is 11.8 Å². The van der Waals surface area contributed by atoms with E-state index in [2.05, 4.69) is 10.2 Å². The number of hydrogen-bond donors (Lipinski definition) is 1. The van der Waals surface area contributed by atoms with Crippen LogP contribution in [0.4, 0.5) is 0 Å². The fourth-order valence-corrected chi connectivity index (χ4v) is 3.83. The number of nitrogens with zero attached hydrogens (tertiary/aromatic N) is 2. The molecule has 2 saturated carbocycles. The summed E-state index contributed by atoms with van der Waals surface area (Å²) in [6.07, 6.45) is 5.69. The highest BCUT2D eigenvalue weighted by atomic mass is 16.5. The zero-order valence-corrected chi connectivity index (χ0v) is 13.9. The van der Waals surface area contributed by atoms with Crippen LogP contribution in [0, 0.1) is 11.8 Å². The number of amides is 2. The molecular formula is C17H27N3O3. The Labute approximate surface area is 137 Å². The Morgan fingerprint density at radius 1 is 1.13 bits per heavy atom. The molecule has 23 heavy (non-hydrogen) atoms. The summed E-state index contributed by atoms with van der Waals surface area (Å²) < 4.78 is 6.07. The second-order valence-corrected chi connectivity index (χ2v) is 7.89. The maximum atomic E-state index is 12.2. The smallest absolute Gasteiger partial charge is 0.239 e. The number of morpholine rings is 1. The molecule has 4 aliphatic rings. The van der Waals surface area contributed by atoms with Gasteiger partial charge >= 0.3 is 0 Å². The van der Waals surface area contributed by atoms with Crippen LogP contribution in [0.5, 0.6) is 0 Å². The number of hydrogen-bond acceptors (Lipinski definition) is 4. The number of likely N-dealkylation sites (N-methyl/N-ethyl adjacent to an activating group) is 1. The van der Waals surface area contributed by atoms with Crippen LogP contribution in [-0.4, -0.2) is 73.1 Å². The molecule has 1 atom stereocenters. The topological polar surface area (TPSA) is 61.9 Å². The molecule has 1 N–H and O–H groups in total. The van der Waals surface area contributed by atoms with Crippen molar-refractivity contribution in [3.63, 3.8) is 0 Å². The first-order valence-corrected chi connectivity index (χ1v) is 8.96. The molecule has 0 bridgehead atoms. The molecule has 0 aromatic carbocycles. The van der Waals surface area contributed by atoms with E-state index in [1.807, 2.05) is 4.90 Å². The fraction of sp³-hybridized carbons (Fsp3) is 0.882. The number of carbonyl (C=O) groups excluding carboxylic acids is 2. The molecule has 4 fully saturated rings. The molecule has 2 saturated heterocycles. The molecule has 2 amide bonds. The molecule has 6 nitrogen and oxygen atoms in total. The summed E-state index contributed by atoms with van der Waals surface area (Å²) in [7, 11) is 1.68. The molecule has 2 aliphatic carbocycles. The maximum absolute atomic E-state index is 12.2. The highest BCUT2D eigenvalue weighted by Crippen LogP contribution is 2.38. The van der Waals surface area contributed by atoms with Crippen molar-refractivity contribution in [1.29, 1.82) is 0 Å². The summed E-state index contributed by atoms with van der Waals surface area (Å²) in [6.45, 7) is 3.59. The van der Waals surface area contributed by atoms with Gasteiger partial charge in [0, 0.05) is 26.6 Å². The Bertz CT molecular complexity index is 495. The summed E-state index contributed by atoms with van der Waals surface area (Å²) >= 11 is 0. The van der Waals surface area contributed by atoms with Gasteiger partial charge in [-0.05, 0) is 37.5 Å². The Kier molecular flexibility index (Phi) is 3.84. The van der Waals surface area contributed by atoms with Gasteiger partial charge in [0.1, 0.15) is 11.6 Å². The molecule has 1 unspecified atom stereocenters. The molecule has 1 spiro atoms. The first kappa shape index (κ1) is 15.4. The van der Waals surface area contributed by atoms with E-state index in [1.54, 1.807) is 7.05 Å². The third-order valence-electron chi connectivity index (χ3n) is 5.69. The predicted molar refractivity (Wildman–Crippen MR) is 84.8 cm³/mol. The Morgan fingerprint density at radius 2 is 1.83 bits per heavy atom. The van der Waals surface area contributed by atoms with E-state index in [-0.39, 0.29) is 23.5 Å². The third-order valence-corrected chi connectivity index (χ3v) is 5.69. The molecule has 0 aromatic rings. The zero-order valence-electron chi connectivity index (χ0n) is 13.9. The van der Waals surface area contributed by atoms with E-state index >= 15 is 0 Å². The second kappa shape index (κ2) is 5.74. The van der Waals surface area contributed by atoms with Crippen molar-refractivity contribution >= 4 is 11.8 Å². The SMILES string of the molecule is CNC(=O)C1COC2(CN(C(=O)CC3CC3)C2)CN1CC1CC1. The molecule has 6 heteroatoms. The van der Waals surface area contributed by atoms with E-state index in [0.29, 0.717) is 32.0 Å². The van der Waals surface area contributed by atoms with E-state index in [1.165, 1.54) is 25.7 Å². The Balaban J connectivity index is 1.35. The van der Waals surface area contributed by atoms with Crippen molar-refractivity contribution in [3.8, 4) is 0 Å². The normalized spacial score (nSPS) is 30.1. The lowest BCUT2D eigenvalue weighted by atomic mass is 9.89. The minimum atomic E-state index is -0.237. The summed E-state index contributed by atoms with van der Waals surface area (Å²) in [5.74, 6) is 1.70. The molecular weight excluding hydrogens is 294 g/mol. The van der Waals surface area contributed by atoms with E-state index < -0.39 is 0 Å². The van der Waals surface area contributed by atoms with Crippen LogP contribution in [0.15, 0.2) is 0 Å². The van der Waals surface area contributed by atoms with Crippen LogP contribution in [0.25, 0.3) is 0 Å². The molecule has 2 heterocycles. The number of ether oxygens (including phenoxy) is 1. The van der Waals surface area contributed by atoms with Gasteiger partial charge in [0.2, 0.25) is 11.8 Å². The lowest BCUT2D eigenvalue weighted by Gasteiger charge is -2.55. The van der Waals surface area contributed by atoms with Crippen LogP contribution in [0.3, 0.4) is 0 Å². The van der Waals surface area contributed by atoms with Crippen molar-refractivity contribution < 1.29 is 14.3 Å². The first-order chi connectivity index (χ1) is 11.1. The van der Waals surface area contributed by atoms with Gasteiger partial charge in [-0.15, -0.1) is 0 Å². The zero-order chi connectivity index (χ0) is 16.0. The minimum Gasteiger partial charge on any atom is -0.368 e. The Morgan fingerprint density at radius 3 is 2.43 bits per heavy atom. The van der Waals surface area contributed by atoms with Gasteiger partial charge in [-0.3, -0.25) is 14.5 Å². The Hall–Kier alpha value is -1.14. The van der Waals surface area contributed by atoms with Gasteiger partial charge in [0.05, 0.1) is 19.7 Å². The highest BCUT2D eigenvalue weighted by Gasteiger charge is 2.52. The number of likely N-dealkylation sites (tertiary alicyclic amines) is 1. The highest BCUT2D eigenvalue weighted by molar-refractivity contribution is 5.82. The average Bonchev–Trinajstić information content (AvgIpc) is 3.40. The quantitative estimate of drug-likeness (QED) is 0.787. The van der Waals surface area contributed by atoms with Gasteiger partial charge in [-0.25, -0.2) is 0 Å². The summed E-state index contributed by atoms with van der Waals surface area (Å²) in [4.78, 5) is 28.5. The van der Waals surface area contributed by atoms with Crippen molar-refractivity contribution in [3.05, 3.63) is 0 Å². The third kappa shape index (κ3) is 3.24. The molecule has 2 aliphatic heterocycles. The van der Waals surface area contributed by atoms with E-state index in [0.717, 1.165) is 19.0 Å². The number of carbonyl (C=O) groups is 2. The standard InChI is InChI=1S/C17H27N3O3/c1-18-16(22)14-8-23-17(9-19(14)7-13-4-5-13)10-20(11-17)15(21)6-12-2-3-12/h12-14H,2-11H2,1H3,(H,18,22). The lowest BCUT2D eigenvalue weighted by molar-refractivity contribution is -0.204. The predicted octanol–water partition coefficient (Wildman–Crippen LogP) is 0.224. The molecule has 4 rings (SSSR count). The fourth-order valence-electron chi connectivity index (χ4n) is 3.83. The van der Waals surface area contributed by atoms with Crippen LogP contribution in [0.1, 0.15) is 32.1 Å². The molecule has 0 radical (unpaired) electrons. The van der Waals surface area contributed by atoms with Crippen molar-refractivity contribution in [2.45, 2.75) is 43.7 Å². The average molecular weight is 321 g/mol.